The molecular weight excluding hydrogens is 254 g/mol. The van der Waals surface area contributed by atoms with Crippen LogP contribution in [0.2, 0.25) is 0 Å². The predicted molar refractivity (Wildman–Crippen MR) is 79.2 cm³/mol. The van der Waals surface area contributed by atoms with Crippen LogP contribution in [-0.2, 0) is 5.75 Å². The minimum atomic E-state index is 0. The van der Waals surface area contributed by atoms with Crippen LogP contribution in [0.15, 0.2) is 24.3 Å². The molecule has 2 N–H and O–H groups in total. The molecular formula is C13H22ClNOS. The molecule has 0 amide bonds. The normalized spacial score (nSPS) is 10.1. The molecule has 1 aromatic carbocycles. The number of rotatable bonds is 7. The van der Waals surface area contributed by atoms with Gasteiger partial charge in [0.1, 0.15) is 5.75 Å². The number of halogens is 1. The maximum absolute atomic E-state index is 5.62. The first kappa shape index (κ1) is 16.6. The second-order valence-electron chi connectivity index (χ2n) is 4.19. The molecule has 0 spiro atoms. The lowest BCUT2D eigenvalue weighted by Gasteiger charge is -2.09. The molecule has 0 saturated heterocycles. The number of hydrogen-bond acceptors (Lipinski definition) is 3. The zero-order valence-corrected chi connectivity index (χ0v) is 12.2. The number of hydrogen-bond donors (Lipinski definition) is 1. The van der Waals surface area contributed by atoms with E-state index in [1.807, 2.05) is 23.9 Å². The SMILES string of the molecule is CC(C)COc1ccc(CSCCN)cc1.Cl. The van der Waals surface area contributed by atoms with E-state index in [0.29, 0.717) is 5.92 Å². The minimum Gasteiger partial charge on any atom is -0.493 e. The highest BCUT2D eigenvalue weighted by molar-refractivity contribution is 7.98. The molecule has 1 aromatic rings. The summed E-state index contributed by atoms with van der Waals surface area (Å²) in [5, 5.41) is 0. The van der Waals surface area contributed by atoms with Crippen molar-refractivity contribution < 1.29 is 4.74 Å². The van der Waals surface area contributed by atoms with E-state index >= 15 is 0 Å². The van der Waals surface area contributed by atoms with Crippen LogP contribution >= 0.6 is 24.2 Å². The molecule has 0 saturated carbocycles. The average Bonchev–Trinajstić information content (AvgIpc) is 2.28. The van der Waals surface area contributed by atoms with Gasteiger partial charge in [-0.25, -0.2) is 0 Å². The van der Waals surface area contributed by atoms with Crippen LogP contribution < -0.4 is 10.5 Å². The average molecular weight is 276 g/mol. The van der Waals surface area contributed by atoms with Crippen LogP contribution in [0.5, 0.6) is 5.75 Å². The van der Waals surface area contributed by atoms with Crippen molar-refractivity contribution in [2.24, 2.45) is 11.7 Å². The molecule has 2 nitrogen and oxygen atoms in total. The Hall–Kier alpha value is -0.380. The third-order valence-corrected chi connectivity index (χ3v) is 3.10. The lowest BCUT2D eigenvalue weighted by atomic mass is 10.2. The number of nitrogens with two attached hydrogens (primary N) is 1. The maximum Gasteiger partial charge on any atom is 0.119 e. The second kappa shape index (κ2) is 9.63. The standard InChI is InChI=1S/C13H21NOS.ClH/c1-11(2)9-15-13-5-3-12(4-6-13)10-16-8-7-14;/h3-6,11H,7-10,14H2,1-2H3;1H. The van der Waals surface area contributed by atoms with Gasteiger partial charge in [0.25, 0.3) is 0 Å². The van der Waals surface area contributed by atoms with Gasteiger partial charge in [-0.15, -0.1) is 12.4 Å². The van der Waals surface area contributed by atoms with E-state index in [1.54, 1.807) is 0 Å². The van der Waals surface area contributed by atoms with Crippen molar-refractivity contribution in [3.05, 3.63) is 29.8 Å². The van der Waals surface area contributed by atoms with Gasteiger partial charge in [0.15, 0.2) is 0 Å². The molecule has 0 radical (unpaired) electrons. The molecule has 0 bridgehead atoms. The smallest absolute Gasteiger partial charge is 0.119 e. The van der Waals surface area contributed by atoms with Crippen LogP contribution in [-0.4, -0.2) is 18.9 Å². The fourth-order valence-corrected chi connectivity index (χ4v) is 1.96. The Balaban J connectivity index is 0.00000256. The number of benzene rings is 1. The quantitative estimate of drug-likeness (QED) is 0.775. The summed E-state index contributed by atoms with van der Waals surface area (Å²) in [4.78, 5) is 0. The molecule has 0 heterocycles. The van der Waals surface area contributed by atoms with Crippen LogP contribution in [0, 0.1) is 5.92 Å². The number of ether oxygens (including phenoxy) is 1. The summed E-state index contributed by atoms with van der Waals surface area (Å²) in [5.74, 6) is 3.58. The molecule has 0 unspecified atom stereocenters. The van der Waals surface area contributed by atoms with Crippen molar-refractivity contribution in [1.82, 2.24) is 0 Å². The zero-order chi connectivity index (χ0) is 11.8. The number of thioether (sulfide) groups is 1. The molecule has 0 aliphatic heterocycles. The Morgan fingerprint density at radius 3 is 2.41 bits per heavy atom. The van der Waals surface area contributed by atoms with Gasteiger partial charge in [-0.05, 0) is 23.6 Å². The lowest BCUT2D eigenvalue weighted by molar-refractivity contribution is 0.271. The molecule has 17 heavy (non-hydrogen) atoms. The Kier molecular flexibility index (Phi) is 9.41. The van der Waals surface area contributed by atoms with Gasteiger partial charge in [-0.3, -0.25) is 0 Å². The van der Waals surface area contributed by atoms with Crippen LogP contribution in [0.25, 0.3) is 0 Å². The van der Waals surface area contributed by atoms with E-state index in [2.05, 4.69) is 26.0 Å². The molecule has 0 aliphatic carbocycles. The third-order valence-electron chi connectivity index (χ3n) is 2.04. The molecule has 0 fully saturated rings. The Morgan fingerprint density at radius 2 is 1.88 bits per heavy atom. The fourth-order valence-electron chi connectivity index (χ4n) is 1.22. The summed E-state index contributed by atoms with van der Waals surface area (Å²) >= 11 is 1.86. The van der Waals surface area contributed by atoms with Crippen molar-refractivity contribution in [1.29, 1.82) is 0 Å². The van der Waals surface area contributed by atoms with E-state index in [4.69, 9.17) is 10.5 Å². The summed E-state index contributed by atoms with van der Waals surface area (Å²) in [7, 11) is 0. The third kappa shape index (κ3) is 7.53. The Morgan fingerprint density at radius 1 is 1.24 bits per heavy atom. The van der Waals surface area contributed by atoms with Crippen molar-refractivity contribution in [2.45, 2.75) is 19.6 Å². The fraction of sp³-hybridized carbons (Fsp3) is 0.538. The van der Waals surface area contributed by atoms with Gasteiger partial charge in [0, 0.05) is 18.1 Å². The summed E-state index contributed by atoms with van der Waals surface area (Å²) < 4.78 is 5.62. The lowest BCUT2D eigenvalue weighted by Crippen LogP contribution is -2.04. The first-order chi connectivity index (χ1) is 7.72. The van der Waals surface area contributed by atoms with Crippen molar-refractivity contribution in [3.8, 4) is 5.75 Å². The van der Waals surface area contributed by atoms with E-state index < -0.39 is 0 Å². The largest absolute Gasteiger partial charge is 0.493 e. The highest BCUT2D eigenvalue weighted by atomic mass is 35.5. The molecule has 0 atom stereocenters. The van der Waals surface area contributed by atoms with Gasteiger partial charge in [-0.1, -0.05) is 26.0 Å². The molecule has 0 aromatic heterocycles. The van der Waals surface area contributed by atoms with E-state index in [9.17, 15) is 0 Å². The summed E-state index contributed by atoms with van der Waals surface area (Å²) in [6, 6.07) is 8.33. The molecule has 0 aliphatic rings. The van der Waals surface area contributed by atoms with Gasteiger partial charge in [0.2, 0.25) is 0 Å². The first-order valence-electron chi connectivity index (χ1n) is 5.72. The van der Waals surface area contributed by atoms with Crippen LogP contribution in [0.1, 0.15) is 19.4 Å². The summed E-state index contributed by atoms with van der Waals surface area (Å²) in [6.45, 7) is 5.83. The molecule has 98 valence electrons. The first-order valence-corrected chi connectivity index (χ1v) is 6.87. The van der Waals surface area contributed by atoms with Gasteiger partial charge in [0.05, 0.1) is 6.61 Å². The highest BCUT2D eigenvalue weighted by Gasteiger charge is 1.98. The van der Waals surface area contributed by atoms with Crippen molar-refractivity contribution in [3.63, 3.8) is 0 Å². The van der Waals surface area contributed by atoms with Crippen molar-refractivity contribution >= 4 is 24.2 Å². The summed E-state index contributed by atoms with van der Waals surface area (Å²) in [6.07, 6.45) is 0. The maximum atomic E-state index is 5.62. The van der Waals surface area contributed by atoms with E-state index in [1.165, 1.54) is 5.56 Å². The van der Waals surface area contributed by atoms with Gasteiger partial charge < -0.3 is 10.5 Å². The minimum absolute atomic E-state index is 0. The van der Waals surface area contributed by atoms with Gasteiger partial charge in [-0.2, -0.15) is 11.8 Å². The van der Waals surface area contributed by atoms with Crippen LogP contribution in [0.3, 0.4) is 0 Å². The monoisotopic (exact) mass is 275 g/mol. The van der Waals surface area contributed by atoms with Crippen LogP contribution in [0.4, 0.5) is 0 Å². The topological polar surface area (TPSA) is 35.2 Å². The summed E-state index contributed by atoms with van der Waals surface area (Å²) in [5.41, 5.74) is 6.77. The van der Waals surface area contributed by atoms with Crippen molar-refractivity contribution in [2.75, 3.05) is 18.9 Å². The molecule has 1 rings (SSSR count). The van der Waals surface area contributed by atoms with E-state index in [-0.39, 0.29) is 12.4 Å². The Bertz CT molecular complexity index is 290. The Labute approximate surface area is 115 Å². The predicted octanol–water partition coefficient (Wildman–Crippen LogP) is 3.34. The van der Waals surface area contributed by atoms with Gasteiger partial charge >= 0.3 is 0 Å². The zero-order valence-electron chi connectivity index (χ0n) is 10.5. The second-order valence-corrected chi connectivity index (χ2v) is 5.30. The highest BCUT2D eigenvalue weighted by Crippen LogP contribution is 2.17. The van der Waals surface area contributed by atoms with E-state index in [0.717, 1.165) is 30.4 Å². The molecule has 4 heteroatoms.